The standard InChI is InChI=1S/C17H17ClO/c1-2-6-13-7-5-9-15(11-13)17(19)12-14-8-3-4-10-16(14)18/h3-5,7-11H,2,6,12H2,1H3. The van der Waals surface area contributed by atoms with Gasteiger partial charge in [-0.2, -0.15) is 0 Å². The van der Waals surface area contributed by atoms with Crippen LogP contribution in [0.15, 0.2) is 48.5 Å². The molecule has 98 valence electrons. The van der Waals surface area contributed by atoms with Gasteiger partial charge < -0.3 is 0 Å². The number of carbonyl (C=O) groups excluding carboxylic acids is 1. The van der Waals surface area contributed by atoms with Crippen LogP contribution in [-0.2, 0) is 12.8 Å². The molecule has 0 atom stereocenters. The molecule has 0 N–H and O–H groups in total. The number of ketones is 1. The lowest BCUT2D eigenvalue weighted by atomic mass is 10.00. The van der Waals surface area contributed by atoms with E-state index >= 15 is 0 Å². The van der Waals surface area contributed by atoms with Crippen LogP contribution in [0.1, 0.15) is 34.8 Å². The monoisotopic (exact) mass is 272 g/mol. The summed E-state index contributed by atoms with van der Waals surface area (Å²) in [5, 5.41) is 0.653. The van der Waals surface area contributed by atoms with Crippen molar-refractivity contribution in [2.24, 2.45) is 0 Å². The minimum atomic E-state index is 0.117. The zero-order valence-corrected chi connectivity index (χ0v) is 11.8. The van der Waals surface area contributed by atoms with E-state index in [1.54, 1.807) is 0 Å². The number of halogens is 1. The maximum Gasteiger partial charge on any atom is 0.167 e. The first-order valence-corrected chi connectivity index (χ1v) is 6.94. The summed E-state index contributed by atoms with van der Waals surface area (Å²) in [4.78, 5) is 12.3. The van der Waals surface area contributed by atoms with Crippen LogP contribution in [0.5, 0.6) is 0 Å². The van der Waals surface area contributed by atoms with E-state index in [1.807, 2.05) is 42.5 Å². The van der Waals surface area contributed by atoms with Crippen LogP contribution in [0.3, 0.4) is 0 Å². The van der Waals surface area contributed by atoms with Crippen molar-refractivity contribution >= 4 is 17.4 Å². The summed E-state index contributed by atoms with van der Waals surface area (Å²) in [6.07, 6.45) is 2.45. The first-order valence-electron chi connectivity index (χ1n) is 6.56. The molecule has 0 saturated heterocycles. The molecule has 0 aliphatic rings. The molecule has 0 saturated carbocycles. The fourth-order valence-corrected chi connectivity index (χ4v) is 2.31. The predicted molar refractivity (Wildman–Crippen MR) is 79.9 cm³/mol. The highest BCUT2D eigenvalue weighted by Gasteiger charge is 2.09. The molecule has 1 nitrogen and oxygen atoms in total. The number of carbonyl (C=O) groups is 1. The zero-order chi connectivity index (χ0) is 13.7. The number of hydrogen-bond acceptors (Lipinski definition) is 1. The van der Waals surface area contributed by atoms with E-state index in [1.165, 1.54) is 5.56 Å². The SMILES string of the molecule is CCCc1cccc(C(=O)Cc2ccccc2Cl)c1. The van der Waals surface area contributed by atoms with Crippen LogP contribution in [0.25, 0.3) is 0 Å². The maximum absolute atomic E-state index is 12.3. The summed E-state index contributed by atoms with van der Waals surface area (Å²) in [5.74, 6) is 0.117. The van der Waals surface area contributed by atoms with Gasteiger partial charge in [0.05, 0.1) is 0 Å². The molecule has 0 fully saturated rings. The summed E-state index contributed by atoms with van der Waals surface area (Å²) in [6, 6.07) is 15.4. The third-order valence-electron chi connectivity index (χ3n) is 3.10. The van der Waals surface area contributed by atoms with E-state index in [-0.39, 0.29) is 5.78 Å². The molecule has 0 spiro atoms. The number of benzene rings is 2. The van der Waals surface area contributed by atoms with Crippen molar-refractivity contribution < 1.29 is 4.79 Å². The average Bonchev–Trinajstić information content (AvgIpc) is 2.42. The topological polar surface area (TPSA) is 17.1 Å². The first kappa shape index (κ1) is 13.8. The summed E-state index contributed by atoms with van der Waals surface area (Å²) < 4.78 is 0. The highest BCUT2D eigenvalue weighted by Crippen LogP contribution is 2.18. The van der Waals surface area contributed by atoms with Crippen molar-refractivity contribution in [1.29, 1.82) is 0 Å². The van der Waals surface area contributed by atoms with Crippen LogP contribution in [0, 0.1) is 0 Å². The van der Waals surface area contributed by atoms with E-state index in [4.69, 9.17) is 11.6 Å². The lowest BCUT2D eigenvalue weighted by Gasteiger charge is -2.05. The molecule has 19 heavy (non-hydrogen) atoms. The van der Waals surface area contributed by atoms with Crippen molar-refractivity contribution in [3.8, 4) is 0 Å². The number of Topliss-reactive ketones (excluding diaryl/α,β-unsaturated/α-hetero) is 1. The molecule has 2 heteroatoms. The normalized spacial score (nSPS) is 10.4. The van der Waals surface area contributed by atoms with Crippen molar-refractivity contribution in [3.63, 3.8) is 0 Å². The molecule has 0 amide bonds. The van der Waals surface area contributed by atoms with E-state index in [0.717, 1.165) is 24.0 Å². The predicted octanol–water partition coefficient (Wildman–Crippen LogP) is 4.72. The van der Waals surface area contributed by atoms with Crippen LogP contribution in [0.2, 0.25) is 5.02 Å². The quantitative estimate of drug-likeness (QED) is 0.720. The number of aryl methyl sites for hydroxylation is 1. The molecule has 0 radical (unpaired) electrons. The second kappa shape index (κ2) is 6.53. The summed E-state index contributed by atoms with van der Waals surface area (Å²) in [7, 11) is 0. The highest BCUT2D eigenvalue weighted by molar-refractivity contribution is 6.31. The second-order valence-corrected chi connectivity index (χ2v) is 5.05. The van der Waals surface area contributed by atoms with E-state index in [0.29, 0.717) is 11.4 Å². The Balaban J connectivity index is 2.16. The minimum Gasteiger partial charge on any atom is -0.294 e. The summed E-state index contributed by atoms with van der Waals surface area (Å²) >= 11 is 6.08. The largest absolute Gasteiger partial charge is 0.294 e. The minimum absolute atomic E-state index is 0.117. The molecule has 0 unspecified atom stereocenters. The van der Waals surface area contributed by atoms with Gasteiger partial charge in [0, 0.05) is 17.0 Å². The Bertz CT molecular complexity index is 575. The Morgan fingerprint density at radius 1 is 1.11 bits per heavy atom. The van der Waals surface area contributed by atoms with Gasteiger partial charge in [-0.15, -0.1) is 0 Å². The van der Waals surface area contributed by atoms with Crippen molar-refractivity contribution in [1.82, 2.24) is 0 Å². The smallest absolute Gasteiger partial charge is 0.167 e. The fourth-order valence-electron chi connectivity index (χ4n) is 2.11. The van der Waals surface area contributed by atoms with Gasteiger partial charge >= 0.3 is 0 Å². The molecule has 0 aliphatic carbocycles. The fraction of sp³-hybridized carbons (Fsp3) is 0.235. The van der Waals surface area contributed by atoms with Gasteiger partial charge in [0.15, 0.2) is 5.78 Å². The molecular weight excluding hydrogens is 256 g/mol. The van der Waals surface area contributed by atoms with E-state index in [9.17, 15) is 4.79 Å². The van der Waals surface area contributed by atoms with Gasteiger partial charge in [0.1, 0.15) is 0 Å². The van der Waals surface area contributed by atoms with Gasteiger partial charge in [-0.3, -0.25) is 4.79 Å². The molecule has 0 aromatic heterocycles. The van der Waals surface area contributed by atoms with Crippen molar-refractivity contribution in [2.45, 2.75) is 26.2 Å². The summed E-state index contributed by atoms with van der Waals surface area (Å²) in [5.41, 5.74) is 2.87. The Morgan fingerprint density at radius 2 is 1.89 bits per heavy atom. The van der Waals surface area contributed by atoms with E-state index < -0.39 is 0 Å². The number of hydrogen-bond donors (Lipinski definition) is 0. The summed E-state index contributed by atoms with van der Waals surface area (Å²) in [6.45, 7) is 2.14. The van der Waals surface area contributed by atoms with Gasteiger partial charge in [-0.05, 0) is 29.7 Å². The Morgan fingerprint density at radius 3 is 2.63 bits per heavy atom. The molecule has 2 aromatic rings. The van der Waals surface area contributed by atoms with Crippen molar-refractivity contribution in [2.75, 3.05) is 0 Å². The molecule has 2 aromatic carbocycles. The highest BCUT2D eigenvalue weighted by atomic mass is 35.5. The van der Waals surface area contributed by atoms with Crippen LogP contribution < -0.4 is 0 Å². The van der Waals surface area contributed by atoms with Gasteiger partial charge in [0.25, 0.3) is 0 Å². The van der Waals surface area contributed by atoms with Crippen molar-refractivity contribution in [3.05, 3.63) is 70.2 Å². The zero-order valence-electron chi connectivity index (χ0n) is 11.0. The second-order valence-electron chi connectivity index (χ2n) is 4.64. The Labute approximate surface area is 119 Å². The van der Waals surface area contributed by atoms with E-state index in [2.05, 4.69) is 13.0 Å². The first-order chi connectivity index (χ1) is 9.20. The number of rotatable bonds is 5. The van der Waals surface area contributed by atoms with Gasteiger partial charge in [-0.1, -0.05) is 61.3 Å². The maximum atomic E-state index is 12.3. The van der Waals surface area contributed by atoms with Crippen LogP contribution in [0.4, 0.5) is 0 Å². The van der Waals surface area contributed by atoms with Crippen LogP contribution >= 0.6 is 11.6 Å². The third-order valence-corrected chi connectivity index (χ3v) is 3.47. The molecule has 0 aliphatic heterocycles. The molecular formula is C17H17ClO. The lowest BCUT2D eigenvalue weighted by Crippen LogP contribution is -2.04. The molecule has 0 heterocycles. The van der Waals surface area contributed by atoms with Gasteiger partial charge in [0.2, 0.25) is 0 Å². The Hall–Kier alpha value is -1.60. The van der Waals surface area contributed by atoms with Crippen LogP contribution in [-0.4, -0.2) is 5.78 Å². The Kier molecular flexibility index (Phi) is 4.75. The molecule has 2 rings (SSSR count). The molecule has 0 bridgehead atoms. The average molecular weight is 273 g/mol. The lowest BCUT2D eigenvalue weighted by molar-refractivity contribution is 0.0993. The third kappa shape index (κ3) is 3.68. The van der Waals surface area contributed by atoms with Gasteiger partial charge in [-0.25, -0.2) is 0 Å².